The average Bonchev–Trinajstić information content (AvgIpc) is 2.75. The van der Waals surface area contributed by atoms with E-state index in [4.69, 9.17) is 21.5 Å². The number of aryl methyl sites for hydroxylation is 1. The number of anilines is 4. The number of nitrogens with zero attached hydrogens (tertiary/aromatic N) is 2. The Morgan fingerprint density at radius 2 is 1.91 bits per heavy atom. The van der Waals surface area contributed by atoms with Crippen LogP contribution in [0.2, 0.25) is 5.02 Å². The predicted octanol–water partition coefficient (Wildman–Crippen LogP) is 2.70. The molecule has 12 heteroatoms. The highest BCUT2D eigenvalue weighted by Crippen LogP contribution is 2.30. The molecular formula is C20H21ClN6O4S. The van der Waals surface area contributed by atoms with Gasteiger partial charge in [-0.15, -0.1) is 0 Å². The standard InChI is InChI=1S/C20H21ClN6O4S/c1-12-10-24-20(26-13-4-3-5-15(8-13)32(22,29)30)27-19(12)25-14-6-7-17(16(21)9-14)31-11-18(28)23-2/h3-10H,11H2,1-2H3,(H,23,28)(H2,22,29,30)(H2,24,25,26,27). The molecule has 0 aliphatic carbocycles. The van der Waals surface area contributed by atoms with Crippen molar-refractivity contribution in [3.05, 3.63) is 59.2 Å². The van der Waals surface area contributed by atoms with Gasteiger partial charge in [-0.2, -0.15) is 4.98 Å². The van der Waals surface area contributed by atoms with Gasteiger partial charge in [0.1, 0.15) is 11.6 Å². The number of nitrogens with two attached hydrogens (primary N) is 1. The molecule has 5 N–H and O–H groups in total. The number of aromatic nitrogens is 2. The van der Waals surface area contributed by atoms with Gasteiger partial charge in [0.25, 0.3) is 5.91 Å². The minimum absolute atomic E-state index is 0.0265. The van der Waals surface area contributed by atoms with Crippen LogP contribution in [-0.4, -0.2) is 37.9 Å². The van der Waals surface area contributed by atoms with E-state index >= 15 is 0 Å². The van der Waals surface area contributed by atoms with Gasteiger partial charge >= 0.3 is 0 Å². The van der Waals surface area contributed by atoms with Crippen LogP contribution in [0.1, 0.15) is 5.56 Å². The summed E-state index contributed by atoms with van der Waals surface area (Å²) in [7, 11) is -2.31. The molecule has 0 unspecified atom stereocenters. The van der Waals surface area contributed by atoms with E-state index in [0.717, 1.165) is 5.56 Å². The van der Waals surface area contributed by atoms with Crippen molar-refractivity contribution in [2.75, 3.05) is 24.3 Å². The van der Waals surface area contributed by atoms with Crippen LogP contribution < -0.4 is 25.8 Å². The second kappa shape index (κ2) is 9.81. The Morgan fingerprint density at radius 1 is 1.16 bits per heavy atom. The molecule has 32 heavy (non-hydrogen) atoms. The monoisotopic (exact) mass is 476 g/mol. The van der Waals surface area contributed by atoms with E-state index in [1.165, 1.54) is 19.2 Å². The zero-order chi connectivity index (χ0) is 23.3. The van der Waals surface area contributed by atoms with E-state index in [-0.39, 0.29) is 23.4 Å². The van der Waals surface area contributed by atoms with Crippen LogP contribution in [0.5, 0.6) is 5.75 Å². The maximum absolute atomic E-state index is 11.5. The first-order valence-corrected chi connectivity index (χ1v) is 11.2. The Kier molecular flexibility index (Phi) is 7.13. The Morgan fingerprint density at radius 3 is 2.59 bits per heavy atom. The first-order chi connectivity index (χ1) is 15.2. The van der Waals surface area contributed by atoms with Crippen LogP contribution in [0.4, 0.5) is 23.1 Å². The van der Waals surface area contributed by atoms with E-state index in [0.29, 0.717) is 28.0 Å². The summed E-state index contributed by atoms with van der Waals surface area (Å²) in [5.41, 5.74) is 1.88. The predicted molar refractivity (Wildman–Crippen MR) is 122 cm³/mol. The molecule has 0 radical (unpaired) electrons. The number of ether oxygens (including phenoxy) is 1. The smallest absolute Gasteiger partial charge is 0.257 e. The quantitative estimate of drug-likeness (QED) is 0.387. The normalized spacial score (nSPS) is 11.0. The molecule has 10 nitrogen and oxygen atoms in total. The molecule has 3 aromatic rings. The second-order valence-corrected chi connectivity index (χ2v) is 8.62. The first kappa shape index (κ1) is 23.3. The number of nitrogens with one attached hydrogen (secondary N) is 3. The maximum atomic E-state index is 11.5. The number of halogens is 1. The topological polar surface area (TPSA) is 148 Å². The van der Waals surface area contributed by atoms with E-state index < -0.39 is 10.0 Å². The van der Waals surface area contributed by atoms with Crippen LogP contribution >= 0.6 is 11.6 Å². The maximum Gasteiger partial charge on any atom is 0.257 e. The van der Waals surface area contributed by atoms with Crippen molar-refractivity contribution < 1.29 is 17.9 Å². The summed E-state index contributed by atoms with van der Waals surface area (Å²) in [6, 6.07) is 11.0. The number of carbonyl (C=O) groups excluding carboxylic acids is 1. The third-order valence-corrected chi connectivity index (χ3v) is 5.43. The van der Waals surface area contributed by atoms with Crippen LogP contribution in [0, 0.1) is 6.92 Å². The Bertz CT molecular complexity index is 1250. The summed E-state index contributed by atoms with van der Waals surface area (Å²) in [6.45, 7) is 1.69. The summed E-state index contributed by atoms with van der Waals surface area (Å²) in [5.74, 6) is 0.869. The summed E-state index contributed by atoms with van der Waals surface area (Å²) in [6.07, 6.45) is 1.61. The number of benzene rings is 2. The van der Waals surface area contributed by atoms with E-state index in [9.17, 15) is 13.2 Å². The molecule has 0 fully saturated rings. The molecule has 2 aromatic carbocycles. The number of hydrogen-bond acceptors (Lipinski definition) is 8. The minimum atomic E-state index is -3.83. The van der Waals surface area contributed by atoms with Crippen molar-refractivity contribution >= 4 is 50.7 Å². The van der Waals surface area contributed by atoms with Gasteiger partial charge in [-0.25, -0.2) is 18.5 Å². The molecule has 0 aliphatic heterocycles. The van der Waals surface area contributed by atoms with Gasteiger partial charge in [0.05, 0.1) is 9.92 Å². The molecule has 1 amide bonds. The number of likely N-dealkylation sites (N-methyl/N-ethyl adjacent to an activating group) is 1. The molecule has 0 saturated heterocycles. The molecule has 3 rings (SSSR count). The average molecular weight is 477 g/mol. The zero-order valence-electron chi connectivity index (χ0n) is 17.2. The molecular weight excluding hydrogens is 456 g/mol. The molecule has 1 aromatic heterocycles. The first-order valence-electron chi connectivity index (χ1n) is 9.29. The summed E-state index contributed by atoms with van der Waals surface area (Å²) < 4.78 is 28.5. The molecule has 0 spiro atoms. The molecule has 0 saturated carbocycles. The van der Waals surface area contributed by atoms with E-state index in [2.05, 4.69) is 25.9 Å². The van der Waals surface area contributed by atoms with Crippen molar-refractivity contribution in [2.45, 2.75) is 11.8 Å². The fourth-order valence-electron chi connectivity index (χ4n) is 2.56. The highest BCUT2D eigenvalue weighted by atomic mass is 35.5. The molecule has 0 aliphatic rings. The lowest BCUT2D eigenvalue weighted by Gasteiger charge is -2.13. The van der Waals surface area contributed by atoms with Crippen molar-refractivity contribution in [1.82, 2.24) is 15.3 Å². The fraction of sp³-hybridized carbons (Fsp3) is 0.150. The van der Waals surface area contributed by atoms with Crippen molar-refractivity contribution in [2.24, 2.45) is 5.14 Å². The largest absolute Gasteiger partial charge is 0.482 e. The van der Waals surface area contributed by atoms with Gasteiger partial charge in [0.2, 0.25) is 16.0 Å². The molecule has 0 atom stereocenters. The number of sulfonamides is 1. The summed E-state index contributed by atoms with van der Waals surface area (Å²) in [5, 5.41) is 14.1. The lowest BCUT2D eigenvalue weighted by atomic mass is 10.2. The van der Waals surface area contributed by atoms with Gasteiger partial charge in [-0.3, -0.25) is 4.79 Å². The van der Waals surface area contributed by atoms with Crippen molar-refractivity contribution in [3.63, 3.8) is 0 Å². The van der Waals surface area contributed by atoms with Gasteiger partial charge in [-0.1, -0.05) is 17.7 Å². The molecule has 168 valence electrons. The third kappa shape index (κ3) is 6.06. The highest BCUT2D eigenvalue weighted by molar-refractivity contribution is 7.89. The zero-order valence-corrected chi connectivity index (χ0v) is 18.8. The van der Waals surface area contributed by atoms with E-state index in [1.807, 2.05) is 6.92 Å². The van der Waals surface area contributed by atoms with Crippen molar-refractivity contribution in [1.29, 1.82) is 0 Å². The third-order valence-electron chi connectivity index (χ3n) is 4.22. The second-order valence-electron chi connectivity index (χ2n) is 6.66. The van der Waals surface area contributed by atoms with Crippen LogP contribution in [0.3, 0.4) is 0 Å². The Labute approximate surface area is 190 Å². The van der Waals surface area contributed by atoms with Gasteiger partial charge in [0.15, 0.2) is 6.61 Å². The van der Waals surface area contributed by atoms with Gasteiger partial charge < -0.3 is 20.7 Å². The SMILES string of the molecule is CNC(=O)COc1ccc(Nc2nc(Nc3cccc(S(N)(=O)=O)c3)ncc2C)cc1Cl. The van der Waals surface area contributed by atoms with Crippen LogP contribution in [0.25, 0.3) is 0 Å². The fourth-order valence-corrected chi connectivity index (χ4v) is 3.35. The highest BCUT2D eigenvalue weighted by Gasteiger charge is 2.11. The number of rotatable bonds is 8. The summed E-state index contributed by atoms with van der Waals surface area (Å²) >= 11 is 6.25. The van der Waals surface area contributed by atoms with Gasteiger partial charge in [-0.05, 0) is 43.3 Å². The van der Waals surface area contributed by atoms with Crippen LogP contribution in [0.15, 0.2) is 53.6 Å². The van der Waals surface area contributed by atoms with Gasteiger partial charge in [0, 0.05) is 30.2 Å². The van der Waals surface area contributed by atoms with Crippen LogP contribution in [-0.2, 0) is 14.8 Å². The molecule has 0 bridgehead atoms. The number of amides is 1. The number of primary sulfonamides is 1. The number of hydrogen-bond donors (Lipinski definition) is 4. The lowest BCUT2D eigenvalue weighted by Crippen LogP contribution is -2.24. The van der Waals surface area contributed by atoms with E-state index in [1.54, 1.807) is 36.5 Å². The summed E-state index contributed by atoms with van der Waals surface area (Å²) in [4.78, 5) is 20.0. The Balaban J connectivity index is 1.77. The Hall–Kier alpha value is -3.41. The number of carbonyl (C=O) groups is 1. The lowest BCUT2D eigenvalue weighted by molar-refractivity contribution is -0.122. The molecule has 1 heterocycles. The van der Waals surface area contributed by atoms with Crippen molar-refractivity contribution in [3.8, 4) is 5.75 Å². The minimum Gasteiger partial charge on any atom is -0.482 e.